The number of hydrogen-bond acceptors (Lipinski definition) is 3. The predicted octanol–water partition coefficient (Wildman–Crippen LogP) is 3.09. The molecule has 0 unspecified atom stereocenters. The highest BCUT2D eigenvalue weighted by Gasteiger charge is 2.55. The van der Waals surface area contributed by atoms with Gasteiger partial charge in [0.25, 0.3) is 0 Å². The van der Waals surface area contributed by atoms with E-state index in [0.717, 1.165) is 30.5 Å². The van der Waals surface area contributed by atoms with Crippen molar-refractivity contribution < 1.29 is 19.5 Å². The predicted molar refractivity (Wildman–Crippen MR) is 105 cm³/mol. The normalized spacial score (nSPS) is 26.2. The van der Waals surface area contributed by atoms with E-state index >= 15 is 0 Å². The average Bonchev–Trinajstić information content (AvgIpc) is 3.23. The summed E-state index contributed by atoms with van der Waals surface area (Å²) in [7, 11) is 0. The summed E-state index contributed by atoms with van der Waals surface area (Å²) in [5.74, 6) is -0.582. The number of carboxylic acids is 1. The van der Waals surface area contributed by atoms with Crippen molar-refractivity contribution in [2.24, 2.45) is 11.3 Å². The number of urea groups is 1. The number of aryl methyl sites for hydroxylation is 1. The molecule has 0 bridgehead atoms. The minimum absolute atomic E-state index is 0.0490. The topological polar surface area (TPSA) is 90.0 Å². The van der Waals surface area contributed by atoms with Crippen LogP contribution in [0.4, 0.5) is 16.2 Å². The van der Waals surface area contributed by atoms with Gasteiger partial charge in [0.1, 0.15) is 0 Å². The summed E-state index contributed by atoms with van der Waals surface area (Å²) < 4.78 is 0. The molecule has 2 N–H and O–H groups in total. The quantitative estimate of drug-likeness (QED) is 0.833. The van der Waals surface area contributed by atoms with Crippen molar-refractivity contribution in [1.82, 2.24) is 4.90 Å². The first-order valence-corrected chi connectivity index (χ1v) is 10.2. The van der Waals surface area contributed by atoms with Gasteiger partial charge in [-0.1, -0.05) is 13.3 Å². The first-order chi connectivity index (χ1) is 13.4. The standard InChI is InChI=1S/C21H27N3O4/c1-2-10-24-17-7-6-16(11-14(17)5-8-18(24)25)22-20(28)23-12-15-4-3-9-21(15,13-23)19(26)27/h6-7,11,15H,2-5,8-10,12-13H2,1H3,(H,22,28)(H,26,27)/t15-,21+/m0/s1. The smallest absolute Gasteiger partial charge is 0.321 e. The van der Waals surface area contributed by atoms with Crippen LogP contribution in [0.1, 0.15) is 44.6 Å². The maximum Gasteiger partial charge on any atom is 0.321 e. The van der Waals surface area contributed by atoms with E-state index in [1.807, 2.05) is 30.0 Å². The van der Waals surface area contributed by atoms with Gasteiger partial charge in [-0.2, -0.15) is 0 Å². The van der Waals surface area contributed by atoms with Crippen molar-refractivity contribution in [3.8, 4) is 0 Å². The van der Waals surface area contributed by atoms with E-state index < -0.39 is 11.4 Å². The van der Waals surface area contributed by atoms with Crippen LogP contribution in [0.25, 0.3) is 0 Å². The van der Waals surface area contributed by atoms with Crippen LogP contribution in [0.5, 0.6) is 0 Å². The Balaban J connectivity index is 1.47. The summed E-state index contributed by atoms with van der Waals surface area (Å²) in [5.41, 5.74) is 1.91. The lowest BCUT2D eigenvalue weighted by Gasteiger charge is -2.29. The highest BCUT2D eigenvalue weighted by molar-refractivity contribution is 5.97. The Bertz CT molecular complexity index is 824. The van der Waals surface area contributed by atoms with Gasteiger partial charge in [0.2, 0.25) is 5.91 Å². The molecule has 0 spiro atoms. The highest BCUT2D eigenvalue weighted by atomic mass is 16.4. The Labute approximate surface area is 164 Å². The van der Waals surface area contributed by atoms with Crippen LogP contribution in [-0.2, 0) is 16.0 Å². The second-order valence-corrected chi connectivity index (χ2v) is 8.25. The summed E-state index contributed by atoms with van der Waals surface area (Å²) in [4.78, 5) is 40.2. The molecule has 7 nitrogen and oxygen atoms in total. The molecule has 3 amide bonds. The molecule has 2 atom stereocenters. The molecular weight excluding hydrogens is 358 g/mol. The molecule has 1 aromatic rings. The third-order valence-electron chi connectivity index (χ3n) is 6.56. The van der Waals surface area contributed by atoms with E-state index in [1.54, 1.807) is 4.90 Å². The van der Waals surface area contributed by atoms with Crippen LogP contribution < -0.4 is 10.2 Å². The third-order valence-corrected chi connectivity index (χ3v) is 6.56. The molecule has 0 aromatic heterocycles. The first-order valence-electron chi connectivity index (χ1n) is 10.2. The molecule has 1 saturated heterocycles. The Hall–Kier alpha value is -2.57. The number of carbonyl (C=O) groups excluding carboxylic acids is 2. The second kappa shape index (κ2) is 7.11. The lowest BCUT2D eigenvalue weighted by atomic mass is 9.81. The molecule has 1 saturated carbocycles. The van der Waals surface area contributed by atoms with Crippen molar-refractivity contribution in [3.05, 3.63) is 23.8 Å². The zero-order valence-electron chi connectivity index (χ0n) is 16.2. The third kappa shape index (κ3) is 3.02. The van der Waals surface area contributed by atoms with Gasteiger partial charge in [0.15, 0.2) is 0 Å². The van der Waals surface area contributed by atoms with Gasteiger partial charge >= 0.3 is 12.0 Å². The van der Waals surface area contributed by atoms with Gasteiger partial charge in [0, 0.05) is 37.4 Å². The molecule has 2 aliphatic heterocycles. The van der Waals surface area contributed by atoms with E-state index in [1.165, 1.54) is 0 Å². The Morgan fingerprint density at radius 1 is 1.32 bits per heavy atom. The number of benzene rings is 1. The molecule has 2 heterocycles. The number of fused-ring (bicyclic) bond motifs is 2. The summed E-state index contributed by atoms with van der Waals surface area (Å²) in [6, 6.07) is 5.41. The molecule has 4 rings (SSSR count). The fourth-order valence-electron chi connectivity index (χ4n) is 5.10. The van der Waals surface area contributed by atoms with Gasteiger partial charge in [-0.05, 0) is 55.4 Å². The Morgan fingerprint density at radius 2 is 2.14 bits per heavy atom. The van der Waals surface area contributed by atoms with Crippen LogP contribution >= 0.6 is 0 Å². The highest BCUT2D eigenvalue weighted by Crippen LogP contribution is 2.49. The molecule has 1 aliphatic carbocycles. The zero-order chi connectivity index (χ0) is 19.9. The Kier molecular flexibility index (Phi) is 4.77. The second-order valence-electron chi connectivity index (χ2n) is 8.25. The fourth-order valence-corrected chi connectivity index (χ4v) is 5.10. The van der Waals surface area contributed by atoms with Gasteiger partial charge in [0.05, 0.1) is 5.41 Å². The maximum atomic E-state index is 12.8. The summed E-state index contributed by atoms with van der Waals surface area (Å²) in [5, 5.41) is 12.6. The van der Waals surface area contributed by atoms with Gasteiger partial charge in [-0.25, -0.2) is 4.79 Å². The monoisotopic (exact) mass is 385 g/mol. The average molecular weight is 385 g/mol. The van der Waals surface area contributed by atoms with E-state index in [9.17, 15) is 19.5 Å². The molecule has 3 aliphatic rings. The fraction of sp³-hybridized carbons (Fsp3) is 0.571. The molecule has 1 aromatic carbocycles. The van der Waals surface area contributed by atoms with E-state index in [0.29, 0.717) is 38.0 Å². The lowest BCUT2D eigenvalue weighted by molar-refractivity contribution is -0.149. The zero-order valence-corrected chi connectivity index (χ0v) is 16.2. The van der Waals surface area contributed by atoms with E-state index in [2.05, 4.69) is 5.32 Å². The Morgan fingerprint density at radius 3 is 2.86 bits per heavy atom. The number of amides is 3. The number of nitrogens with one attached hydrogen (secondary N) is 1. The molecule has 150 valence electrons. The van der Waals surface area contributed by atoms with Gasteiger partial charge in [-0.15, -0.1) is 0 Å². The van der Waals surface area contributed by atoms with Gasteiger partial charge in [-0.3, -0.25) is 9.59 Å². The van der Waals surface area contributed by atoms with Gasteiger partial charge < -0.3 is 20.2 Å². The van der Waals surface area contributed by atoms with Crippen LogP contribution in [0, 0.1) is 11.3 Å². The first kappa shape index (κ1) is 18.8. The molecule has 0 radical (unpaired) electrons. The van der Waals surface area contributed by atoms with E-state index in [-0.39, 0.29) is 24.4 Å². The number of nitrogens with zero attached hydrogens (tertiary/aromatic N) is 2. The minimum Gasteiger partial charge on any atom is -0.481 e. The number of likely N-dealkylation sites (tertiary alicyclic amines) is 1. The van der Waals surface area contributed by atoms with Crippen LogP contribution in [0.15, 0.2) is 18.2 Å². The SMILES string of the molecule is CCCN1C(=O)CCc2cc(NC(=O)N3C[C@@H]4CCC[C@@]4(C(=O)O)C3)ccc21. The van der Waals surface area contributed by atoms with Crippen LogP contribution in [-0.4, -0.2) is 47.5 Å². The minimum atomic E-state index is -0.778. The number of hydrogen-bond donors (Lipinski definition) is 2. The molecule has 7 heteroatoms. The maximum absolute atomic E-state index is 12.8. The largest absolute Gasteiger partial charge is 0.481 e. The molecule has 28 heavy (non-hydrogen) atoms. The van der Waals surface area contributed by atoms with Crippen molar-refractivity contribution in [2.45, 2.75) is 45.4 Å². The summed E-state index contributed by atoms with van der Waals surface area (Å²) in [6.07, 6.45) is 4.49. The van der Waals surface area contributed by atoms with Crippen molar-refractivity contribution in [3.63, 3.8) is 0 Å². The van der Waals surface area contributed by atoms with Crippen molar-refractivity contribution >= 4 is 29.3 Å². The van der Waals surface area contributed by atoms with Crippen molar-refractivity contribution in [1.29, 1.82) is 0 Å². The van der Waals surface area contributed by atoms with E-state index in [4.69, 9.17) is 0 Å². The number of carbonyl (C=O) groups is 3. The summed E-state index contributed by atoms with van der Waals surface area (Å²) in [6.45, 7) is 3.53. The van der Waals surface area contributed by atoms with Crippen LogP contribution in [0.2, 0.25) is 0 Å². The van der Waals surface area contributed by atoms with Crippen molar-refractivity contribution in [2.75, 3.05) is 29.9 Å². The summed E-state index contributed by atoms with van der Waals surface area (Å²) >= 11 is 0. The lowest BCUT2D eigenvalue weighted by Crippen LogP contribution is -2.38. The molecule has 2 fully saturated rings. The van der Waals surface area contributed by atoms with Crippen LogP contribution in [0.3, 0.4) is 0 Å². The number of rotatable bonds is 4. The number of anilines is 2. The molecular formula is C21H27N3O4. The number of aliphatic carboxylic acids is 1. The number of carboxylic acid groups (broad SMARTS) is 1.